The molecule has 1 unspecified atom stereocenters. The lowest BCUT2D eigenvalue weighted by Crippen LogP contribution is -2.33. The maximum Gasteiger partial charge on any atom is 0.324 e. The van der Waals surface area contributed by atoms with Crippen LogP contribution < -0.4 is 15.8 Å². The van der Waals surface area contributed by atoms with Crippen molar-refractivity contribution in [3.8, 4) is 5.75 Å². The fraction of sp³-hybridized carbons (Fsp3) is 0.467. The summed E-state index contributed by atoms with van der Waals surface area (Å²) >= 11 is 0. The van der Waals surface area contributed by atoms with Crippen molar-refractivity contribution in [1.82, 2.24) is 10.2 Å². The molecule has 3 amide bonds. The summed E-state index contributed by atoms with van der Waals surface area (Å²) in [6.07, 6.45) is 2.15. The molecule has 0 radical (unpaired) electrons. The maximum atomic E-state index is 12.0. The Hall–Kier alpha value is -2.24. The fourth-order valence-electron chi connectivity index (χ4n) is 2.25. The SMILES string of the molecule is CCCC1NC(=O)N(CCCOc2ccc(N)cc2)C1=O. The van der Waals surface area contributed by atoms with E-state index in [-0.39, 0.29) is 18.0 Å². The fourth-order valence-corrected chi connectivity index (χ4v) is 2.25. The molecule has 1 saturated heterocycles. The van der Waals surface area contributed by atoms with Gasteiger partial charge >= 0.3 is 6.03 Å². The van der Waals surface area contributed by atoms with Gasteiger partial charge in [-0.3, -0.25) is 9.69 Å². The average Bonchev–Trinajstić information content (AvgIpc) is 2.73. The number of ether oxygens (including phenoxy) is 1. The molecule has 6 heteroatoms. The van der Waals surface area contributed by atoms with Gasteiger partial charge in [0, 0.05) is 12.2 Å². The van der Waals surface area contributed by atoms with Crippen molar-refractivity contribution >= 4 is 17.6 Å². The molecule has 114 valence electrons. The van der Waals surface area contributed by atoms with E-state index in [1.54, 1.807) is 24.3 Å². The van der Waals surface area contributed by atoms with Gasteiger partial charge in [-0.05, 0) is 37.1 Å². The number of urea groups is 1. The molecule has 1 aliphatic heterocycles. The van der Waals surface area contributed by atoms with Crippen LogP contribution in [0.4, 0.5) is 10.5 Å². The zero-order valence-electron chi connectivity index (χ0n) is 12.2. The van der Waals surface area contributed by atoms with Gasteiger partial charge in [0.1, 0.15) is 11.8 Å². The molecule has 1 fully saturated rings. The van der Waals surface area contributed by atoms with Crippen molar-refractivity contribution in [2.24, 2.45) is 0 Å². The van der Waals surface area contributed by atoms with Crippen molar-refractivity contribution in [3.05, 3.63) is 24.3 Å². The Morgan fingerprint density at radius 3 is 2.67 bits per heavy atom. The molecule has 0 aromatic heterocycles. The molecule has 3 N–H and O–H groups in total. The lowest BCUT2D eigenvalue weighted by molar-refractivity contribution is -0.127. The average molecular weight is 291 g/mol. The van der Waals surface area contributed by atoms with E-state index < -0.39 is 0 Å². The zero-order valence-corrected chi connectivity index (χ0v) is 12.2. The minimum Gasteiger partial charge on any atom is -0.494 e. The molecular weight excluding hydrogens is 270 g/mol. The predicted molar refractivity (Wildman–Crippen MR) is 79.9 cm³/mol. The molecule has 0 spiro atoms. The Balaban J connectivity index is 1.74. The Morgan fingerprint density at radius 2 is 2.00 bits per heavy atom. The quantitative estimate of drug-likeness (QED) is 0.455. The van der Waals surface area contributed by atoms with Crippen LogP contribution in [0.3, 0.4) is 0 Å². The Kier molecular flexibility index (Phi) is 5.03. The highest BCUT2D eigenvalue weighted by Gasteiger charge is 2.36. The normalized spacial score (nSPS) is 18.0. The summed E-state index contributed by atoms with van der Waals surface area (Å²) in [4.78, 5) is 25.0. The first kappa shape index (κ1) is 15.2. The van der Waals surface area contributed by atoms with Crippen molar-refractivity contribution in [2.75, 3.05) is 18.9 Å². The largest absolute Gasteiger partial charge is 0.494 e. The van der Waals surface area contributed by atoms with Crippen molar-refractivity contribution in [1.29, 1.82) is 0 Å². The van der Waals surface area contributed by atoms with Crippen LogP contribution in [-0.2, 0) is 4.79 Å². The van der Waals surface area contributed by atoms with Crippen LogP contribution in [0.15, 0.2) is 24.3 Å². The Bertz CT molecular complexity index is 501. The van der Waals surface area contributed by atoms with Gasteiger partial charge in [0.25, 0.3) is 5.91 Å². The molecule has 0 aliphatic carbocycles. The van der Waals surface area contributed by atoms with Gasteiger partial charge in [-0.1, -0.05) is 13.3 Å². The zero-order chi connectivity index (χ0) is 15.2. The number of anilines is 1. The van der Waals surface area contributed by atoms with Crippen LogP contribution in [0.25, 0.3) is 0 Å². The number of nitrogens with two attached hydrogens (primary N) is 1. The highest BCUT2D eigenvalue weighted by Crippen LogP contribution is 2.14. The third kappa shape index (κ3) is 3.87. The highest BCUT2D eigenvalue weighted by molar-refractivity contribution is 6.04. The topological polar surface area (TPSA) is 84.7 Å². The maximum absolute atomic E-state index is 12.0. The second-order valence-corrected chi connectivity index (χ2v) is 5.05. The molecule has 1 aromatic rings. The van der Waals surface area contributed by atoms with Crippen molar-refractivity contribution < 1.29 is 14.3 Å². The van der Waals surface area contributed by atoms with E-state index in [0.29, 0.717) is 31.7 Å². The van der Waals surface area contributed by atoms with Gasteiger partial charge in [0.05, 0.1) is 6.61 Å². The molecule has 21 heavy (non-hydrogen) atoms. The van der Waals surface area contributed by atoms with Crippen LogP contribution in [0.2, 0.25) is 0 Å². The molecule has 0 bridgehead atoms. The first-order valence-corrected chi connectivity index (χ1v) is 7.22. The van der Waals surface area contributed by atoms with E-state index in [1.165, 1.54) is 4.90 Å². The van der Waals surface area contributed by atoms with Gasteiger partial charge < -0.3 is 15.8 Å². The molecule has 0 saturated carbocycles. The molecule has 6 nitrogen and oxygen atoms in total. The van der Waals surface area contributed by atoms with Crippen molar-refractivity contribution in [3.63, 3.8) is 0 Å². The van der Waals surface area contributed by atoms with E-state index >= 15 is 0 Å². The number of nitrogen functional groups attached to an aromatic ring is 1. The number of hydrogen-bond donors (Lipinski definition) is 2. The summed E-state index contributed by atoms with van der Waals surface area (Å²) in [6.45, 7) is 2.81. The highest BCUT2D eigenvalue weighted by atomic mass is 16.5. The van der Waals surface area contributed by atoms with Gasteiger partial charge in [0.15, 0.2) is 0 Å². The number of nitrogens with one attached hydrogen (secondary N) is 1. The summed E-state index contributed by atoms with van der Waals surface area (Å²) in [5.41, 5.74) is 6.27. The number of nitrogens with zero attached hydrogens (tertiary/aromatic N) is 1. The van der Waals surface area contributed by atoms with Crippen LogP contribution in [0, 0.1) is 0 Å². The Morgan fingerprint density at radius 1 is 1.29 bits per heavy atom. The van der Waals surface area contributed by atoms with Gasteiger partial charge in [-0.15, -0.1) is 0 Å². The van der Waals surface area contributed by atoms with Gasteiger partial charge in [-0.2, -0.15) is 0 Å². The second-order valence-electron chi connectivity index (χ2n) is 5.05. The van der Waals surface area contributed by atoms with Crippen LogP contribution in [0.5, 0.6) is 5.75 Å². The molecule has 1 aliphatic rings. The number of rotatable bonds is 7. The predicted octanol–water partition coefficient (Wildman–Crippen LogP) is 1.76. The summed E-state index contributed by atoms with van der Waals surface area (Å²) < 4.78 is 5.54. The van der Waals surface area contributed by atoms with E-state index in [1.807, 2.05) is 6.92 Å². The molecule has 1 atom stereocenters. The summed E-state index contributed by atoms with van der Waals surface area (Å²) in [7, 11) is 0. The number of carbonyl (C=O) groups is 2. The van der Waals surface area contributed by atoms with Crippen molar-refractivity contribution in [2.45, 2.75) is 32.2 Å². The smallest absolute Gasteiger partial charge is 0.324 e. The van der Waals surface area contributed by atoms with Crippen LogP contribution >= 0.6 is 0 Å². The minimum atomic E-state index is -0.361. The third-order valence-electron chi connectivity index (χ3n) is 3.36. The summed E-state index contributed by atoms with van der Waals surface area (Å²) in [6, 6.07) is 6.46. The summed E-state index contributed by atoms with van der Waals surface area (Å²) in [5.74, 6) is 0.597. The number of imide groups is 1. The molecule has 2 rings (SSSR count). The number of hydrogen-bond acceptors (Lipinski definition) is 4. The first-order chi connectivity index (χ1) is 10.1. The second kappa shape index (κ2) is 6.97. The van der Waals surface area contributed by atoms with Crippen LogP contribution in [-0.4, -0.2) is 36.0 Å². The molecule has 1 aromatic carbocycles. The third-order valence-corrected chi connectivity index (χ3v) is 3.36. The number of carbonyl (C=O) groups excluding carboxylic acids is 2. The molecular formula is C15H21N3O3. The monoisotopic (exact) mass is 291 g/mol. The number of amides is 3. The van der Waals surface area contributed by atoms with E-state index in [4.69, 9.17) is 10.5 Å². The first-order valence-electron chi connectivity index (χ1n) is 7.22. The lowest BCUT2D eigenvalue weighted by atomic mass is 10.2. The molecule has 1 heterocycles. The minimum absolute atomic E-state index is 0.130. The van der Waals surface area contributed by atoms with E-state index in [2.05, 4.69) is 5.32 Å². The Labute approximate surface area is 124 Å². The van der Waals surface area contributed by atoms with Gasteiger partial charge in [-0.25, -0.2) is 4.79 Å². The summed E-state index contributed by atoms with van der Waals surface area (Å²) in [5, 5.41) is 2.70. The standard InChI is InChI=1S/C15H21N3O3/c1-2-4-13-14(19)18(15(20)17-13)9-3-10-21-12-7-5-11(16)6-8-12/h5-8,13H,2-4,9-10,16H2,1H3,(H,17,20). The van der Waals surface area contributed by atoms with Gasteiger partial charge in [0.2, 0.25) is 0 Å². The lowest BCUT2D eigenvalue weighted by Gasteiger charge is -2.13. The van der Waals surface area contributed by atoms with Crippen LogP contribution in [0.1, 0.15) is 26.2 Å². The van der Waals surface area contributed by atoms with E-state index in [9.17, 15) is 9.59 Å². The number of benzene rings is 1. The van der Waals surface area contributed by atoms with E-state index in [0.717, 1.165) is 12.2 Å².